The van der Waals surface area contributed by atoms with Crippen molar-refractivity contribution in [2.24, 2.45) is 0 Å². The van der Waals surface area contributed by atoms with Crippen LogP contribution in [0, 0.1) is 6.92 Å². The second kappa shape index (κ2) is 5.34. The van der Waals surface area contributed by atoms with E-state index in [1.165, 1.54) is 11.1 Å². The van der Waals surface area contributed by atoms with E-state index < -0.39 is 10.0 Å². The zero-order valence-electron chi connectivity index (χ0n) is 13.6. The van der Waals surface area contributed by atoms with Crippen molar-refractivity contribution in [1.82, 2.24) is 8.96 Å². The lowest BCUT2D eigenvalue weighted by atomic mass is 10.1. The highest BCUT2D eigenvalue weighted by atomic mass is 32.2. The molecule has 1 aliphatic rings. The minimum atomic E-state index is -3.70. The Labute approximate surface area is 141 Å². The number of aromatic nitrogens is 2. The lowest BCUT2D eigenvalue weighted by Gasteiger charge is -2.09. The van der Waals surface area contributed by atoms with Gasteiger partial charge in [0.1, 0.15) is 5.52 Å². The number of methoxy groups -OCH3 is 1. The summed E-state index contributed by atoms with van der Waals surface area (Å²) in [6.07, 6.45) is 5.58. The van der Waals surface area contributed by atoms with Gasteiger partial charge in [0.25, 0.3) is 10.0 Å². The van der Waals surface area contributed by atoms with E-state index in [-0.39, 0.29) is 4.90 Å². The fourth-order valence-corrected chi connectivity index (χ4v) is 4.40. The van der Waals surface area contributed by atoms with Crippen LogP contribution in [-0.2, 0) is 10.0 Å². The van der Waals surface area contributed by atoms with E-state index in [1.807, 2.05) is 13.0 Å². The van der Waals surface area contributed by atoms with E-state index in [0.29, 0.717) is 17.3 Å². The quantitative estimate of drug-likeness (QED) is 0.728. The van der Waals surface area contributed by atoms with Crippen LogP contribution in [0.4, 0.5) is 0 Å². The van der Waals surface area contributed by atoms with Gasteiger partial charge in [-0.05, 0) is 49.4 Å². The van der Waals surface area contributed by atoms with Crippen LogP contribution in [0.5, 0.6) is 5.88 Å². The molecule has 4 rings (SSSR count). The predicted molar refractivity (Wildman–Crippen MR) is 92.0 cm³/mol. The van der Waals surface area contributed by atoms with Gasteiger partial charge >= 0.3 is 0 Å². The molecule has 0 atom stereocenters. The average Bonchev–Trinajstić information content (AvgIpc) is 3.34. The maximum absolute atomic E-state index is 13.2. The van der Waals surface area contributed by atoms with Crippen molar-refractivity contribution in [2.45, 2.75) is 30.6 Å². The molecule has 0 radical (unpaired) electrons. The lowest BCUT2D eigenvalue weighted by molar-refractivity contribution is 0.402. The first-order valence-corrected chi connectivity index (χ1v) is 9.32. The molecule has 124 valence electrons. The van der Waals surface area contributed by atoms with Gasteiger partial charge in [-0.15, -0.1) is 0 Å². The molecule has 1 aliphatic carbocycles. The van der Waals surface area contributed by atoms with E-state index in [1.54, 1.807) is 36.7 Å². The monoisotopic (exact) mass is 342 g/mol. The summed E-state index contributed by atoms with van der Waals surface area (Å²) in [5, 5.41) is 0.903. The minimum absolute atomic E-state index is 0.262. The molecule has 2 aromatic heterocycles. The molecule has 0 amide bonds. The third kappa shape index (κ3) is 2.29. The van der Waals surface area contributed by atoms with Gasteiger partial charge in [-0.3, -0.25) is 0 Å². The molecule has 2 heterocycles. The van der Waals surface area contributed by atoms with Crippen LogP contribution in [0.3, 0.4) is 0 Å². The molecule has 0 unspecified atom stereocenters. The van der Waals surface area contributed by atoms with E-state index in [4.69, 9.17) is 4.74 Å². The standard InChI is InChI=1S/C18H18N2O3S/c1-12-3-7-14(8-4-12)24(21,22)20-11-16(13-5-6-13)15-9-10-19-18(23-2)17(15)20/h3-4,7-11,13H,5-6H2,1-2H3. The summed E-state index contributed by atoms with van der Waals surface area (Å²) < 4.78 is 33.0. The largest absolute Gasteiger partial charge is 0.479 e. The fraction of sp³-hybridized carbons (Fsp3) is 0.278. The van der Waals surface area contributed by atoms with E-state index in [2.05, 4.69) is 4.98 Å². The number of fused-ring (bicyclic) bond motifs is 1. The molecule has 1 aromatic carbocycles. The topological polar surface area (TPSA) is 61.2 Å². The summed E-state index contributed by atoms with van der Waals surface area (Å²) in [5.41, 5.74) is 2.59. The summed E-state index contributed by atoms with van der Waals surface area (Å²) in [6, 6.07) is 8.74. The summed E-state index contributed by atoms with van der Waals surface area (Å²) in [4.78, 5) is 4.46. The second-order valence-electron chi connectivity index (χ2n) is 6.19. The van der Waals surface area contributed by atoms with Gasteiger partial charge in [-0.1, -0.05) is 17.7 Å². The number of nitrogens with zero attached hydrogens (tertiary/aromatic N) is 2. The molecule has 0 aliphatic heterocycles. The van der Waals surface area contributed by atoms with E-state index >= 15 is 0 Å². The average molecular weight is 342 g/mol. The Hall–Kier alpha value is -2.34. The summed E-state index contributed by atoms with van der Waals surface area (Å²) in [6.45, 7) is 1.93. The molecule has 5 nitrogen and oxygen atoms in total. The fourth-order valence-electron chi connectivity index (χ4n) is 3.02. The van der Waals surface area contributed by atoms with Crippen molar-refractivity contribution in [2.75, 3.05) is 7.11 Å². The van der Waals surface area contributed by atoms with Crippen molar-refractivity contribution < 1.29 is 13.2 Å². The van der Waals surface area contributed by atoms with Gasteiger partial charge in [-0.25, -0.2) is 17.4 Å². The lowest BCUT2D eigenvalue weighted by Crippen LogP contribution is -2.12. The number of aryl methyl sites for hydroxylation is 1. The van der Waals surface area contributed by atoms with E-state index in [9.17, 15) is 8.42 Å². The second-order valence-corrected chi connectivity index (χ2v) is 8.00. The summed E-state index contributed by atoms with van der Waals surface area (Å²) in [7, 11) is -2.19. The molecule has 1 fully saturated rings. The van der Waals surface area contributed by atoms with Crippen LogP contribution in [0.1, 0.15) is 29.9 Å². The normalized spacial score (nSPS) is 14.9. The molecule has 24 heavy (non-hydrogen) atoms. The van der Waals surface area contributed by atoms with Crippen molar-refractivity contribution in [3.63, 3.8) is 0 Å². The molecule has 1 saturated carbocycles. The molecule has 3 aromatic rings. The number of benzene rings is 1. The Morgan fingerprint density at radius 3 is 2.50 bits per heavy atom. The van der Waals surface area contributed by atoms with Gasteiger partial charge in [0.2, 0.25) is 5.88 Å². The third-order valence-corrected chi connectivity index (χ3v) is 6.14. The van der Waals surface area contributed by atoms with E-state index in [0.717, 1.165) is 29.4 Å². The molecule has 0 bridgehead atoms. The maximum Gasteiger partial charge on any atom is 0.268 e. The Morgan fingerprint density at radius 2 is 1.88 bits per heavy atom. The Morgan fingerprint density at radius 1 is 1.17 bits per heavy atom. The van der Waals surface area contributed by atoms with Gasteiger partial charge in [-0.2, -0.15) is 0 Å². The summed E-state index contributed by atoms with van der Waals surface area (Å²) >= 11 is 0. The Balaban J connectivity index is 2.00. The van der Waals surface area contributed by atoms with Crippen LogP contribution >= 0.6 is 0 Å². The van der Waals surface area contributed by atoms with Gasteiger partial charge in [0.05, 0.1) is 12.0 Å². The number of hydrogen-bond donors (Lipinski definition) is 0. The molecule has 0 spiro atoms. The highest BCUT2D eigenvalue weighted by Crippen LogP contribution is 2.45. The van der Waals surface area contributed by atoms with Gasteiger partial charge < -0.3 is 4.74 Å². The maximum atomic E-state index is 13.2. The van der Waals surface area contributed by atoms with Crippen molar-refractivity contribution >= 4 is 20.9 Å². The SMILES string of the molecule is COc1nccc2c(C3CC3)cn(S(=O)(=O)c3ccc(C)cc3)c12. The Bertz CT molecular complexity index is 1020. The number of hydrogen-bond acceptors (Lipinski definition) is 4. The van der Waals surface area contributed by atoms with Crippen LogP contribution in [-0.4, -0.2) is 24.5 Å². The van der Waals surface area contributed by atoms with Crippen molar-refractivity contribution in [1.29, 1.82) is 0 Å². The molecular weight excluding hydrogens is 324 g/mol. The zero-order valence-corrected chi connectivity index (χ0v) is 14.4. The van der Waals surface area contributed by atoms with Gasteiger partial charge in [0.15, 0.2) is 0 Å². The molecule has 0 N–H and O–H groups in total. The highest BCUT2D eigenvalue weighted by Gasteiger charge is 2.31. The smallest absolute Gasteiger partial charge is 0.268 e. The minimum Gasteiger partial charge on any atom is -0.479 e. The van der Waals surface area contributed by atoms with Crippen molar-refractivity contribution in [3.05, 3.63) is 53.9 Å². The van der Waals surface area contributed by atoms with Crippen molar-refractivity contribution in [3.8, 4) is 5.88 Å². The zero-order chi connectivity index (χ0) is 16.9. The number of rotatable bonds is 4. The first-order valence-electron chi connectivity index (χ1n) is 7.88. The van der Waals surface area contributed by atoms with Crippen LogP contribution < -0.4 is 4.74 Å². The third-order valence-electron chi connectivity index (χ3n) is 4.47. The first kappa shape index (κ1) is 15.2. The van der Waals surface area contributed by atoms with Gasteiger partial charge in [0, 0.05) is 17.8 Å². The van der Waals surface area contributed by atoms with Crippen LogP contribution in [0.25, 0.3) is 10.9 Å². The number of pyridine rings is 1. The molecule has 6 heteroatoms. The highest BCUT2D eigenvalue weighted by molar-refractivity contribution is 7.90. The predicted octanol–water partition coefficient (Wildman–Crippen LogP) is 3.47. The molecule has 0 saturated heterocycles. The number of ether oxygens (including phenoxy) is 1. The first-order chi connectivity index (χ1) is 11.5. The Kier molecular flexibility index (Phi) is 3.38. The van der Waals surface area contributed by atoms with Crippen LogP contribution in [0.15, 0.2) is 47.6 Å². The summed E-state index contributed by atoms with van der Waals surface area (Å²) in [5.74, 6) is 0.754. The molecular formula is C18H18N2O3S. The van der Waals surface area contributed by atoms with Crippen LogP contribution in [0.2, 0.25) is 0 Å².